The maximum Gasteiger partial charge on any atom is 0.248 e. The Morgan fingerprint density at radius 1 is 1.12 bits per heavy atom. The van der Waals surface area contributed by atoms with Gasteiger partial charge in [0, 0.05) is 17.3 Å². The first-order valence-corrected chi connectivity index (χ1v) is 7.86. The van der Waals surface area contributed by atoms with Gasteiger partial charge in [-0.2, -0.15) is 0 Å². The molecule has 0 spiro atoms. The molecule has 5 nitrogen and oxygen atoms in total. The lowest BCUT2D eigenvalue weighted by Crippen LogP contribution is -2.07. The highest BCUT2D eigenvalue weighted by Gasteiger charge is 2.09. The van der Waals surface area contributed by atoms with Crippen LogP contribution in [0, 0.1) is 5.82 Å². The van der Waals surface area contributed by atoms with Gasteiger partial charge in [0.2, 0.25) is 11.8 Å². The van der Waals surface area contributed by atoms with Crippen LogP contribution in [0.1, 0.15) is 5.76 Å². The summed E-state index contributed by atoms with van der Waals surface area (Å²) in [5.74, 6) is 0.373. The molecule has 0 radical (unpaired) electrons. The summed E-state index contributed by atoms with van der Waals surface area (Å²) >= 11 is 0. The number of halogens is 1. The number of carbonyl (C=O) groups excluding carboxylic acids is 1. The molecule has 2 aromatic heterocycles. The van der Waals surface area contributed by atoms with Crippen LogP contribution in [0.4, 0.5) is 10.1 Å². The molecule has 0 atom stereocenters. The molecular formula is C20H13FN2O3. The average molecular weight is 348 g/mol. The van der Waals surface area contributed by atoms with Gasteiger partial charge in [-0.3, -0.25) is 4.79 Å². The van der Waals surface area contributed by atoms with Crippen LogP contribution in [0.2, 0.25) is 0 Å². The smallest absolute Gasteiger partial charge is 0.248 e. The Labute approximate surface area is 147 Å². The number of rotatable bonds is 4. The number of furan rings is 1. The predicted octanol–water partition coefficient (Wildman–Crippen LogP) is 4.88. The number of anilines is 1. The molecule has 26 heavy (non-hydrogen) atoms. The number of oxazole rings is 1. The molecular weight excluding hydrogens is 335 g/mol. The summed E-state index contributed by atoms with van der Waals surface area (Å²) in [6.07, 6.45) is 4.50. The molecule has 6 heteroatoms. The van der Waals surface area contributed by atoms with Crippen LogP contribution in [0.5, 0.6) is 0 Å². The lowest BCUT2D eigenvalue weighted by molar-refractivity contribution is -0.111. The van der Waals surface area contributed by atoms with E-state index in [4.69, 9.17) is 8.83 Å². The number of carbonyl (C=O) groups is 1. The van der Waals surface area contributed by atoms with Crippen molar-refractivity contribution in [1.82, 2.24) is 4.98 Å². The Hall–Kier alpha value is -3.67. The van der Waals surface area contributed by atoms with Crippen molar-refractivity contribution in [2.75, 3.05) is 5.32 Å². The van der Waals surface area contributed by atoms with Crippen molar-refractivity contribution in [2.24, 2.45) is 0 Å². The van der Waals surface area contributed by atoms with Gasteiger partial charge < -0.3 is 14.2 Å². The maximum atomic E-state index is 13.0. The first-order chi connectivity index (χ1) is 12.7. The Balaban J connectivity index is 1.53. The predicted molar refractivity (Wildman–Crippen MR) is 95.8 cm³/mol. The summed E-state index contributed by atoms with van der Waals surface area (Å²) in [7, 11) is 0. The molecule has 2 heterocycles. The van der Waals surface area contributed by atoms with Gasteiger partial charge in [-0.25, -0.2) is 9.37 Å². The zero-order valence-electron chi connectivity index (χ0n) is 13.5. The van der Waals surface area contributed by atoms with E-state index >= 15 is 0 Å². The fourth-order valence-electron chi connectivity index (χ4n) is 2.45. The molecule has 128 valence electrons. The number of hydrogen-bond donors (Lipinski definition) is 1. The highest BCUT2D eigenvalue weighted by atomic mass is 19.1. The van der Waals surface area contributed by atoms with E-state index in [2.05, 4.69) is 10.3 Å². The lowest BCUT2D eigenvalue weighted by atomic mass is 10.2. The minimum atomic E-state index is -0.322. The van der Waals surface area contributed by atoms with Crippen LogP contribution in [-0.2, 0) is 4.79 Å². The summed E-state index contributed by atoms with van der Waals surface area (Å²) < 4.78 is 23.8. The number of hydrogen-bond acceptors (Lipinski definition) is 4. The fourth-order valence-corrected chi connectivity index (χ4v) is 2.45. The van der Waals surface area contributed by atoms with Gasteiger partial charge in [0.25, 0.3) is 0 Å². The van der Waals surface area contributed by atoms with Crippen LogP contribution in [0.15, 0.2) is 75.8 Å². The fraction of sp³-hybridized carbons (Fsp3) is 0. The normalized spacial score (nSPS) is 11.3. The monoisotopic (exact) mass is 348 g/mol. The Bertz CT molecular complexity index is 1080. The second kappa shape index (κ2) is 6.68. The standard InChI is InChI=1S/C20H13FN2O3/c21-14-5-3-13(4-6-14)20-23-17-12-15(7-9-18(17)26-20)22-19(24)10-8-16-2-1-11-25-16/h1-12H,(H,22,24)/b10-8-. The summed E-state index contributed by atoms with van der Waals surface area (Å²) in [6.45, 7) is 0. The van der Waals surface area contributed by atoms with Crippen molar-refractivity contribution in [3.05, 3.63) is 78.5 Å². The van der Waals surface area contributed by atoms with Crippen LogP contribution in [-0.4, -0.2) is 10.9 Å². The second-order valence-electron chi connectivity index (χ2n) is 5.55. The number of amides is 1. The van der Waals surface area contributed by atoms with E-state index in [1.165, 1.54) is 24.5 Å². The molecule has 4 rings (SSSR count). The third kappa shape index (κ3) is 3.39. The molecule has 0 aliphatic heterocycles. The molecule has 0 aliphatic rings. The molecule has 0 bridgehead atoms. The van der Waals surface area contributed by atoms with Gasteiger partial charge in [0.15, 0.2) is 5.58 Å². The van der Waals surface area contributed by atoms with Crippen LogP contribution >= 0.6 is 0 Å². The van der Waals surface area contributed by atoms with E-state index in [0.717, 1.165) is 0 Å². The highest BCUT2D eigenvalue weighted by molar-refractivity contribution is 6.02. The van der Waals surface area contributed by atoms with Crippen molar-refractivity contribution in [3.8, 4) is 11.5 Å². The van der Waals surface area contributed by atoms with Crippen LogP contribution in [0.3, 0.4) is 0 Å². The number of aromatic nitrogens is 1. The molecule has 0 unspecified atom stereocenters. The summed E-state index contributed by atoms with van der Waals surface area (Å²) in [5, 5.41) is 2.75. The largest absolute Gasteiger partial charge is 0.465 e. The summed E-state index contributed by atoms with van der Waals surface area (Å²) in [4.78, 5) is 16.4. The van der Waals surface area contributed by atoms with Gasteiger partial charge in [-0.05, 0) is 60.7 Å². The van der Waals surface area contributed by atoms with E-state index < -0.39 is 0 Å². The topological polar surface area (TPSA) is 68.3 Å². The summed E-state index contributed by atoms with van der Waals surface area (Å²) in [6, 6.07) is 14.6. The Kier molecular flexibility index (Phi) is 4.07. The first-order valence-electron chi connectivity index (χ1n) is 7.86. The van der Waals surface area contributed by atoms with Crippen LogP contribution in [0.25, 0.3) is 28.6 Å². The third-order valence-electron chi connectivity index (χ3n) is 3.69. The average Bonchev–Trinajstić information content (AvgIpc) is 3.30. The quantitative estimate of drug-likeness (QED) is 0.534. The molecule has 0 fully saturated rings. The molecule has 2 aromatic carbocycles. The van der Waals surface area contributed by atoms with Crippen LogP contribution < -0.4 is 5.32 Å². The number of nitrogens with zero attached hydrogens (tertiary/aromatic N) is 1. The van der Waals surface area contributed by atoms with E-state index in [-0.39, 0.29) is 11.7 Å². The first kappa shape index (κ1) is 15.8. The Morgan fingerprint density at radius 3 is 2.73 bits per heavy atom. The van der Waals surface area contributed by atoms with E-state index in [9.17, 15) is 9.18 Å². The van der Waals surface area contributed by atoms with Crippen molar-refractivity contribution in [2.45, 2.75) is 0 Å². The molecule has 0 saturated carbocycles. The van der Waals surface area contributed by atoms with E-state index in [1.807, 2.05) is 0 Å². The lowest BCUT2D eigenvalue weighted by Gasteiger charge is -2.00. The van der Waals surface area contributed by atoms with Crippen molar-refractivity contribution in [3.63, 3.8) is 0 Å². The van der Waals surface area contributed by atoms with Crippen molar-refractivity contribution >= 4 is 28.8 Å². The molecule has 1 amide bonds. The van der Waals surface area contributed by atoms with Crippen molar-refractivity contribution in [1.29, 1.82) is 0 Å². The van der Waals surface area contributed by atoms with Gasteiger partial charge in [0.1, 0.15) is 17.1 Å². The molecule has 0 saturated heterocycles. The highest BCUT2D eigenvalue weighted by Crippen LogP contribution is 2.26. The second-order valence-corrected chi connectivity index (χ2v) is 5.55. The molecule has 0 aliphatic carbocycles. The number of nitrogens with one attached hydrogen (secondary N) is 1. The number of fused-ring (bicyclic) bond motifs is 1. The van der Waals surface area contributed by atoms with Gasteiger partial charge >= 0.3 is 0 Å². The zero-order valence-corrected chi connectivity index (χ0v) is 13.5. The summed E-state index contributed by atoms with van der Waals surface area (Å²) in [5.41, 5.74) is 2.44. The van der Waals surface area contributed by atoms with Crippen molar-refractivity contribution < 1.29 is 18.0 Å². The molecule has 4 aromatic rings. The van der Waals surface area contributed by atoms with Gasteiger partial charge in [0.05, 0.1) is 6.26 Å². The third-order valence-corrected chi connectivity index (χ3v) is 3.69. The minimum Gasteiger partial charge on any atom is -0.465 e. The Morgan fingerprint density at radius 2 is 1.96 bits per heavy atom. The van der Waals surface area contributed by atoms with E-state index in [0.29, 0.717) is 34.0 Å². The number of benzene rings is 2. The molecule has 1 N–H and O–H groups in total. The SMILES string of the molecule is O=C(/C=C\c1ccco1)Nc1ccc2oc(-c3ccc(F)cc3)nc2c1. The minimum absolute atomic E-state index is 0.289. The van der Waals surface area contributed by atoms with Gasteiger partial charge in [-0.15, -0.1) is 0 Å². The zero-order chi connectivity index (χ0) is 17.9. The maximum absolute atomic E-state index is 13.0. The van der Waals surface area contributed by atoms with E-state index in [1.54, 1.807) is 48.5 Å². The van der Waals surface area contributed by atoms with Gasteiger partial charge in [-0.1, -0.05) is 0 Å².